The van der Waals surface area contributed by atoms with Crippen LogP contribution in [0.15, 0.2) is 30.3 Å². The molecule has 112 valence electrons. The van der Waals surface area contributed by atoms with Crippen molar-refractivity contribution in [3.8, 4) is 5.75 Å². The molecule has 1 unspecified atom stereocenters. The summed E-state index contributed by atoms with van der Waals surface area (Å²) in [6, 6.07) is 7.18. The van der Waals surface area contributed by atoms with Crippen LogP contribution in [0.5, 0.6) is 5.75 Å². The molecular weight excluding hydrogens is 272 g/mol. The fraction of sp³-hybridized carbons (Fsp3) is 0.294. The van der Waals surface area contributed by atoms with E-state index in [4.69, 9.17) is 10.5 Å². The van der Waals surface area contributed by atoms with Crippen molar-refractivity contribution in [1.82, 2.24) is 0 Å². The molecule has 0 saturated carbocycles. The topological polar surface area (TPSA) is 35.2 Å². The van der Waals surface area contributed by atoms with Crippen molar-refractivity contribution in [3.63, 3.8) is 0 Å². The number of benzene rings is 2. The van der Waals surface area contributed by atoms with Gasteiger partial charge in [0.25, 0.3) is 0 Å². The van der Waals surface area contributed by atoms with E-state index in [-0.39, 0.29) is 12.0 Å². The third-order valence-electron chi connectivity index (χ3n) is 3.67. The molecule has 0 fully saturated rings. The van der Waals surface area contributed by atoms with Crippen LogP contribution in [0.3, 0.4) is 0 Å². The minimum Gasteiger partial charge on any atom is -0.496 e. The fourth-order valence-electron chi connectivity index (χ4n) is 2.49. The van der Waals surface area contributed by atoms with Gasteiger partial charge in [0.05, 0.1) is 7.11 Å². The van der Waals surface area contributed by atoms with Gasteiger partial charge in [0, 0.05) is 11.6 Å². The summed E-state index contributed by atoms with van der Waals surface area (Å²) < 4.78 is 32.7. The summed E-state index contributed by atoms with van der Waals surface area (Å²) in [5.74, 6) is -0.345. The summed E-state index contributed by atoms with van der Waals surface area (Å²) in [6.45, 7) is 3.83. The average Bonchev–Trinajstić information content (AvgIpc) is 2.44. The van der Waals surface area contributed by atoms with Gasteiger partial charge in [0.15, 0.2) is 0 Å². The van der Waals surface area contributed by atoms with Crippen molar-refractivity contribution in [1.29, 1.82) is 0 Å². The van der Waals surface area contributed by atoms with Crippen molar-refractivity contribution in [2.45, 2.75) is 26.3 Å². The maximum Gasteiger partial charge on any atom is 0.129 e. The van der Waals surface area contributed by atoms with Gasteiger partial charge in [-0.2, -0.15) is 0 Å². The van der Waals surface area contributed by atoms with Gasteiger partial charge in [-0.05, 0) is 55.2 Å². The third kappa shape index (κ3) is 3.22. The molecule has 2 N–H and O–H groups in total. The summed E-state index contributed by atoms with van der Waals surface area (Å²) in [7, 11) is 1.61. The van der Waals surface area contributed by atoms with Gasteiger partial charge in [-0.25, -0.2) is 8.78 Å². The molecule has 0 bridgehead atoms. The van der Waals surface area contributed by atoms with E-state index in [1.165, 1.54) is 18.2 Å². The number of ether oxygens (including phenoxy) is 1. The summed E-state index contributed by atoms with van der Waals surface area (Å²) in [6.07, 6.45) is 0.116. The third-order valence-corrected chi connectivity index (χ3v) is 3.67. The van der Waals surface area contributed by atoms with Crippen molar-refractivity contribution >= 4 is 0 Å². The first-order chi connectivity index (χ1) is 9.93. The smallest absolute Gasteiger partial charge is 0.129 e. The molecule has 0 aliphatic rings. The molecule has 2 aromatic rings. The molecule has 0 aromatic heterocycles. The molecule has 2 nitrogen and oxygen atoms in total. The monoisotopic (exact) mass is 291 g/mol. The Bertz CT molecular complexity index is 635. The SMILES string of the molecule is COc1cc(C)c(C(N)Cc2c(F)cccc2F)cc1C. The Kier molecular flexibility index (Phi) is 4.58. The fourth-order valence-corrected chi connectivity index (χ4v) is 2.49. The second kappa shape index (κ2) is 6.22. The lowest BCUT2D eigenvalue weighted by atomic mass is 9.94. The summed E-state index contributed by atoms with van der Waals surface area (Å²) in [4.78, 5) is 0. The van der Waals surface area contributed by atoms with Gasteiger partial charge in [-0.3, -0.25) is 0 Å². The first-order valence-corrected chi connectivity index (χ1v) is 6.77. The molecule has 0 spiro atoms. The van der Waals surface area contributed by atoms with Crippen LogP contribution in [-0.4, -0.2) is 7.11 Å². The van der Waals surface area contributed by atoms with Gasteiger partial charge >= 0.3 is 0 Å². The zero-order chi connectivity index (χ0) is 15.6. The number of hydrogen-bond donors (Lipinski definition) is 1. The van der Waals surface area contributed by atoms with Crippen LogP contribution in [-0.2, 0) is 6.42 Å². The standard InChI is InChI=1S/C17H19F2NO/c1-10-8-17(21-3)11(2)7-12(10)16(20)9-13-14(18)5-4-6-15(13)19/h4-8,16H,9,20H2,1-3H3. The van der Waals surface area contributed by atoms with Crippen LogP contribution in [0.25, 0.3) is 0 Å². The molecule has 0 heterocycles. The van der Waals surface area contributed by atoms with Crippen LogP contribution < -0.4 is 10.5 Å². The maximum absolute atomic E-state index is 13.7. The molecule has 1 atom stereocenters. The second-order valence-corrected chi connectivity index (χ2v) is 5.19. The quantitative estimate of drug-likeness (QED) is 0.929. The van der Waals surface area contributed by atoms with Gasteiger partial charge in [-0.15, -0.1) is 0 Å². The minimum absolute atomic E-state index is 0.0258. The van der Waals surface area contributed by atoms with E-state index in [9.17, 15) is 8.78 Å². The number of hydrogen-bond acceptors (Lipinski definition) is 2. The summed E-state index contributed by atoms with van der Waals surface area (Å²) >= 11 is 0. The Balaban J connectivity index is 2.33. The largest absolute Gasteiger partial charge is 0.496 e. The van der Waals surface area contributed by atoms with Crippen molar-refractivity contribution < 1.29 is 13.5 Å². The zero-order valence-corrected chi connectivity index (χ0v) is 12.4. The Morgan fingerprint density at radius 3 is 2.29 bits per heavy atom. The molecule has 0 amide bonds. The minimum atomic E-state index is -0.562. The normalized spacial score (nSPS) is 12.3. The number of nitrogens with two attached hydrogens (primary N) is 1. The lowest BCUT2D eigenvalue weighted by Gasteiger charge is -2.18. The summed E-state index contributed by atoms with van der Waals surface area (Å²) in [5.41, 5.74) is 8.94. The van der Waals surface area contributed by atoms with Gasteiger partial charge < -0.3 is 10.5 Å². The predicted octanol–water partition coefficient (Wildman–Crippen LogP) is 3.83. The van der Waals surface area contributed by atoms with Gasteiger partial charge in [0.2, 0.25) is 0 Å². The Labute approximate surface area is 123 Å². The Morgan fingerprint density at radius 2 is 1.71 bits per heavy atom. The Morgan fingerprint density at radius 1 is 1.10 bits per heavy atom. The zero-order valence-electron chi connectivity index (χ0n) is 12.4. The number of rotatable bonds is 4. The maximum atomic E-state index is 13.7. The molecule has 0 aliphatic heterocycles. The van der Waals surface area contributed by atoms with Gasteiger partial charge in [-0.1, -0.05) is 12.1 Å². The second-order valence-electron chi connectivity index (χ2n) is 5.19. The molecule has 0 saturated heterocycles. The first-order valence-electron chi connectivity index (χ1n) is 6.77. The van der Waals surface area contributed by atoms with E-state index in [1.54, 1.807) is 7.11 Å². The number of aryl methyl sites for hydroxylation is 2. The number of methoxy groups -OCH3 is 1. The van der Waals surface area contributed by atoms with Crippen LogP contribution >= 0.6 is 0 Å². The van der Waals surface area contributed by atoms with E-state index < -0.39 is 17.7 Å². The van der Waals surface area contributed by atoms with Crippen molar-refractivity contribution in [2.75, 3.05) is 7.11 Å². The van der Waals surface area contributed by atoms with Crippen LogP contribution in [0.1, 0.15) is 28.3 Å². The molecule has 2 aromatic carbocycles. The predicted molar refractivity (Wildman–Crippen MR) is 79.5 cm³/mol. The van der Waals surface area contributed by atoms with Crippen molar-refractivity contribution in [2.24, 2.45) is 5.73 Å². The molecule has 4 heteroatoms. The Hall–Kier alpha value is -1.94. The number of halogens is 2. The lowest BCUT2D eigenvalue weighted by molar-refractivity contribution is 0.411. The van der Waals surface area contributed by atoms with E-state index in [2.05, 4.69) is 0 Å². The highest BCUT2D eigenvalue weighted by molar-refractivity contribution is 5.43. The average molecular weight is 291 g/mol. The van der Waals surface area contributed by atoms with E-state index in [0.29, 0.717) is 0 Å². The van der Waals surface area contributed by atoms with Gasteiger partial charge in [0.1, 0.15) is 17.4 Å². The molecular formula is C17H19F2NO. The van der Waals surface area contributed by atoms with Crippen LogP contribution in [0, 0.1) is 25.5 Å². The highest BCUT2D eigenvalue weighted by atomic mass is 19.1. The molecule has 2 rings (SSSR count). The highest BCUT2D eigenvalue weighted by Gasteiger charge is 2.17. The summed E-state index contributed by atoms with van der Waals surface area (Å²) in [5, 5.41) is 0. The molecule has 0 aliphatic carbocycles. The molecule has 21 heavy (non-hydrogen) atoms. The van der Waals surface area contributed by atoms with E-state index in [1.807, 2.05) is 26.0 Å². The lowest BCUT2D eigenvalue weighted by Crippen LogP contribution is -2.16. The van der Waals surface area contributed by atoms with Crippen LogP contribution in [0.4, 0.5) is 8.78 Å². The van der Waals surface area contributed by atoms with E-state index in [0.717, 1.165) is 22.4 Å². The van der Waals surface area contributed by atoms with Crippen LogP contribution in [0.2, 0.25) is 0 Å². The first kappa shape index (κ1) is 15.4. The van der Waals surface area contributed by atoms with Crippen molar-refractivity contribution in [3.05, 3.63) is 64.2 Å². The van der Waals surface area contributed by atoms with E-state index >= 15 is 0 Å². The molecule has 0 radical (unpaired) electrons. The highest BCUT2D eigenvalue weighted by Crippen LogP contribution is 2.28.